The monoisotopic (exact) mass is 551 g/mol. The number of halogens is 2. The van der Waals surface area contributed by atoms with Crippen LogP contribution in [0, 0.1) is 5.92 Å². The number of allylic oxidation sites excluding steroid dienone is 1. The van der Waals surface area contributed by atoms with Crippen LogP contribution >= 0.6 is 0 Å². The van der Waals surface area contributed by atoms with E-state index in [4.69, 9.17) is 14.2 Å². The molecule has 1 aromatic carbocycles. The summed E-state index contributed by atoms with van der Waals surface area (Å²) < 4.78 is 67.8. The van der Waals surface area contributed by atoms with Crippen LogP contribution in [0.4, 0.5) is 14.6 Å². The maximum absolute atomic E-state index is 13.8. The minimum atomic E-state index is -3.43. The van der Waals surface area contributed by atoms with Gasteiger partial charge in [0.05, 0.1) is 23.9 Å². The van der Waals surface area contributed by atoms with E-state index in [1.165, 1.54) is 42.7 Å². The van der Waals surface area contributed by atoms with E-state index in [2.05, 4.69) is 15.3 Å². The predicted octanol–water partition coefficient (Wildman–Crippen LogP) is 3.91. The number of nitrogens with zero attached hydrogens (tertiary/aromatic N) is 2. The van der Waals surface area contributed by atoms with Gasteiger partial charge in [-0.1, -0.05) is 18.2 Å². The van der Waals surface area contributed by atoms with Crippen LogP contribution in [-0.2, 0) is 24.1 Å². The van der Waals surface area contributed by atoms with Gasteiger partial charge >= 0.3 is 0 Å². The van der Waals surface area contributed by atoms with Gasteiger partial charge in [0.1, 0.15) is 19.0 Å². The molecular formula is C26H31F2N3O6S. The van der Waals surface area contributed by atoms with Gasteiger partial charge in [-0.25, -0.2) is 27.2 Å². The van der Waals surface area contributed by atoms with Crippen molar-refractivity contribution in [3.05, 3.63) is 48.3 Å². The highest BCUT2D eigenvalue weighted by atomic mass is 32.2. The number of anilines is 1. The summed E-state index contributed by atoms with van der Waals surface area (Å²) in [6.07, 6.45) is 4.78. The third kappa shape index (κ3) is 7.78. The topological polar surface area (TPSA) is 117 Å². The Bertz CT molecular complexity index is 1210. The van der Waals surface area contributed by atoms with Crippen LogP contribution in [-0.4, -0.2) is 69.0 Å². The average Bonchev–Trinajstić information content (AvgIpc) is 3.22. The normalized spacial score (nSPS) is 24.2. The van der Waals surface area contributed by atoms with Gasteiger partial charge in [-0.3, -0.25) is 4.79 Å². The van der Waals surface area contributed by atoms with Crippen molar-refractivity contribution >= 4 is 27.1 Å². The highest BCUT2D eigenvalue weighted by Gasteiger charge is 2.34. The third-order valence-corrected chi connectivity index (χ3v) is 7.46. The van der Waals surface area contributed by atoms with Crippen LogP contribution in [0.2, 0.25) is 0 Å². The highest BCUT2D eigenvalue weighted by molar-refractivity contribution is 7.90. The Balaban J connectivity index is 1.40. The number of nitrogens with one attached hydrogen (secondary N) is 1. The number of hydrogen-bond donors (Lipinski definition) is 1. The van der Waals surface area contributed by atoms with Crippen LogP contribution in [0.15, 0.2) is 47.6 Å². The smallest absolute Gasteiger partial charge is 0.257 e. The van der Waals surface area contributed by atoms with E-state index in [0.717, 1.165) is 25.5 Å². The molecule has 1 saturated heterocycles. The molecule has 4 rings (SSSR count). The van der Waals surface area contributed by atoms with Crippen LogP contribution in [0.5, 0.6) is 5.88 Å². The summed E-state index contributed by atoms with van der Waals surface area (Å²) >= 11 is 0. The molecule has 2 heterocycles. The van der Waals surface area contributed by atoms with Gasteiger partial charge in [0, 0.05) is 18.4 Å². The summed E-state index contributed by atoms with van der Waals surface area (Å²) in [6.45, 7) is 1.28. The van der Waals surface area contributed by atoms with E-state index < -0.39 is 34.0 Å². The molecule has 2 aromatic rings. The fourth-order valence-electron chi connectivity index (χ4n) is 4.33. The highest BCUT2D eigenvalue weighted by Crippen LogP contribution is 2.34. The Labute approximate surface area is 220 Å². The summed E-state index contributed by atoms with van der Waals surface area (Å²) in [6, 6.07) is 5.73. The Hall–Kier alpha value is -2.96. The van der Waals surface area contributed by atoms with Crippen LogP contribution in [0.3, 0.4) is 0 Å². The van der Waals surface area contributed by atoms with Crippen molar-refractivity contribution in [3.63, 3.8) is 0 Å². The number of alkyl halides is 2. The van der Waals surface area contributed by atoms with Crippen molar-refractivity contribution < 1.29 is 36.2 Å². The lowest BCUT2D eigenvalue weighted by atomic mass is 9.98. The first-order valence-electron chi connectivity index (χ1n) is 12.5. The maximum atomic E-state index is 13.8. The summed E-state index contributed by atoms with van der Waals surface area (Å²) in [5.74, 6) is -0.666. The molecule has 2 aliphatic rings. The average molecular weight is 552 g/mol. The third-order valence-electron chi connectivity index (χ3n) is 6.33. The van der Waals surface area contributed by atoms with E-state index in [0.29, 0.717) is 18.8 Å². The molecule has 0 bridgehead atoms. The van der Waals surface area contributed by atoms with Crippen molar-refractivity contribution in [3.8, 4) is 5.88 Å². The fraction of sp³-hybridized carbons (Fsp3) is 0.500. The molecule has 4 atom stereocenters. The number of aromatic nitrogens is 2. The summed E-state index contributed by atoms with van der Waals surface area (Å²) in [5.41, 5.74) is 0.558. The number of carbonyl (C=O) groups is 1. The zero-order valence-electron chi connectivity index (χ0n) is 21.0. The van der Waals surface area contributed by atoms with Crippen LogP contribution < -0.4 is 10.1 Å². The summed E-state index contributed by atoms with van der Waals surface area (Å²) in [5, 5.41) is 2.64. The molecule has 0 radical (unpaired) electrons. The largest absolute Gasteiger partial charge is 0.474 e. The molecule has 1 saturated carbocycles. The molecule has 2 fully saturated rings. The first-order valence-corrected chi connectivity index (χ1v) is 14.4. The van der Waals surface area contributed by atoms with Crippen LogP contribution in [0.25, 0.3) is 5.57 Å². The molecule has 1 unspecified atom stereocenters. The number of benzene rings is 1. The van der Waals surface area contributed by atoms with Gasteiger partial charge in [-0.15, -0.1) is 0 Å². The molecule has 1 amide bonds. The minimum Gasteiger partial charge on any atom is -0.474 e. The summed E-state index contributed by atoms with van der Waals surface area (Å²) in [7, 11) is -3.43. The zero-order chi connectivity index (χ0) is 27.1. The zero-order valence-corrected chi connectivity index (χ0v) is 21.8. The molecule has 12 heteroatoms. The Morgan fingerprint density at radius 3 is 2.45 bits per heavy atom. The molecule has 9 nitrogen and oxygen atoms in total. The van der Waals surface area contributed by atoms with Crippen molar-refractivity contribution in [2.24, 2.45) is 5.92 Å². The van der Waals surface area contributed by atoms with Crippen molar-refractivity contribution in [1.82, 2.24) is 9.97 Å². The second-order valence-electron chi connectivity index (χ2n) is 9.35. The number of amides is 1. The molecule has 206 valence electrons. The van der Waals surface area contributed by atoms with Crippen molar-refractivity contribution in [2.45, 2.75) is 55.6 Å². The number of carbonyl (C=O) groups excluding carboxylic acids is 1. The number of sulfone groups is 1. The van der Waals surface area contributed by atoms with Gasteiger partial charge in [0.15, 0.2) is 21.9 Å². The lowest BCUT2D eigenvalue weighted by Crippen LogP contribution is -2.24. The van der Waals surface area contributed by atoms with E-state index in [1.54, 1.807) is 0 Å². The standard InChI is InChI=1S/C26H31F2N3O6S/c1-38(33,34)19-7-5-18(6-8-19)20(12-17-13-21(27)22(28)14-17)26(32)31-23-15-30-24(16-29-23)35-10-11-37-25-4-2-3-9-36-25/h5-8,12,15-17,21-22,25H,2-4,9-11,13-14H2,1H3,(H,29,31,32)/b20-12+/t17-,21+,22-,25?. The van der Waals surface area contributed by atoms with Crippen molar-refractivity contribution in [1.29, 1.82) is 0 Å². The lowest BCUT2D eigenvalue weighted by Gasteiger charge is -2.22. The van der Waals surface area contributed by atoms with E-state index in [1.807, 2.05) is 0 Å². The molecule has 1 aliphatic carbocycles. The van der Waals surface area contributed by atoms with Gasteiger partial charge in [0.2, 0.25) is 5.88 Å². The first kappa shape index (κ1) is 28.1. The maximum Gasteiger partial charge on any atom is 0.257 e. The molecule has 1 aromatic heterocycles. The van der Waals surface area contributed by atoms with Crippen LogP contribution in [0.1, 0.15) is 37.7 Å². The van der Waals surface area contributed by atoms with E-state index in [9.17, 15) is 22.0 Å². The number of ether oxygens (including phenoxy) is 3. The molecule has 0 spiro atoms. The predicted molar refractivity (Wildman–Crippen MR) is 136 cm³/mol. The Morgan fingerprint density at radius 1 is 1.11 bits per heavy atom. The SMILES string of the molecule is CS(=O)(=O)c1ccc(/C(=C\[C@H]2C[C@@H](F)[C@@H](F)C2)C(=O)Nc2cnc(OCCOC3CCCCO3)cn2)cc1. The van der Waals surface area contributed by atoms with Gasteiger partial charge in [-0.05, 0) is 55.7 Å². The quantitative estimate of drug-likeness (QED) is 0.349. The van der Waals surface area contributed by atoms with Gasteiger partial charge in [0.25, 0.3) is 5.91 Å². The van der Waals surface area contributed by atoms with Gasteiger partial charge in [-0.2, -0.15) is 0 Å². The van der Waals surface area contributed by atoms with Crippen molar-refractivity contribution in [2.75, 3.05) is 31.4 Å². The Morgan fingerprint density at radius 2 is 1.84 bits per heavy atom. The molecule has 38 heavy (non-hydrogen) atoms. The second kappa shape index (κ2) is 12.7. The van der Waals surface area contributed by atoms with E-state index in [-0.39, 0.29) is 47.9 Å². The fourth-order valence-corrected chi connectivity index (χ4v) is 4.96. The molecular weight excluding hydrogens is 520 g/mol. The Kier molecular flexibility index (Phi) is 9.40. The first-order chi connectivity index (χ1) is 18.2. The second-order valence-corrected chi connectivity index (χ2v) is 11.4. The van der Waals surface area contributed by atoms with Gasteiger partial charge < -0.3 is 19.5 Å². The summed E-state index contributed by atoms with van der Waals surface area (Å²) in [4.78, 5) is 21.6. The lowest BCUT2D eigenvalue weighted by molar-refractivity contribution is -0.165. The minimum absolute atomic E-state index is 0.0399. The molecule has 1 N–H and O–H groups in total. The van der Waals surface area contributed by atoms with E-state index >= 15 is 0 Å². The molecule has 1 aliphatic heterocycles. The number of rotatable bonds is 10. The number of hydrogen-bond acceptors (Lipinski definition) is 8.